The Morgan fingerprint density at radius 2 is 1.69 bits per heavy atom. The van der Waals surface area contributed by atoms with Gasteiger partial charge in [0.1, 0.15) is 5.69 Å². The number of anilines is 1. The van der Waals surface area contributed by atoms with Crippen LogP contribution >= 0.6 is 11.6 Å². The Morgan fingerprint density at radius 1 is 1.07 bits per heavy atom. The van der Waals surface area contributed by atoms with E-state index < -0.39 is 15.7 Å². The summed E-state index contributed by atoms with van der Waals surface area (Å²) >= 11 is 5.78. The third kappa shape index (κ3) is 4.44. The maximum absolute atomic E-state index is 12.8. The maximum atomic E-state index is 12.8. The van der Waals surface area contributed by atoms with Crippen LogP contribution in [0.1, 0.15) is 12.1 Å². The molecule has 0 spiro atoms. The first kappa shape index (κ1) is 20.9. The number of sulfone groups is 1. The normalized spacial score (nSPS) is 11.4. The summed E-state index contributed by atoms with van der Waals surface area (Å²) < 4.78 is 27.8. The van der Waals surface area contributed by atoms with Crippen LogP contribution in [-0.2, 0) is 21.7 Å². The Kier molecular flexibility index (Phi) is 5.95. The van der Waals surface area contributed by atoms with E-state index in [1.165, 1.54) is 28.9 Å². The molecule has 0 aliphatic heterocycles. The minimum Gasteiger partial charge on any atom is -0.320 e. The number of rotatable bonds is 6. The molecule has 0 bridgehead atoms. The van der Waals surface area contributed by atoms with Crippen molar-refractivity contribution in [2.45, 2.75) is 18.2 Å². The molecule has 1 N–H and O–H groups in total. The number of aromatic nitrogens is 2. The topological polar surface area (TPSA) is 90.2 Å². The Labute approximate surface area is 173 Å². The molecule has 0 saturated carbocycles. The summed E-state index contributed by atoms with van der Waals surface area (Å²) in [5.74, 6) is -0.923. The van der Waals surface area contributed by atoms with Gasteiger partial charge in [0.15, 0.2) is 9.84 Å². The van der Waals surface area contributed by atoms with Crippen molar-refractivity contribution in [3.8, 4) is 5.69 Å². The molecule has 0 saturated heterocycles. The largest absolute Gasteiger partial charge is 0.320 e. The molecule has 0 aliphatic carbocycles. The van der Waals surface area contributed by atoms with E-state index in [1.807, 2.05) is 18.2 Å². The molecule has 7 nitrogen and oxygen atoms in total. The van der Waals surface area contributed by atoms with E-state index in [-0.39, 0.29) is 28.3 Å². The fourth-order valence-corrected chi connectivity index (χ4v) is 4.27. The van der Waals surface area contributed by atoms with Gasteiger partial charge in [-0.25, -0.2) is 13.1 Å². The van der Waals surface area contributed by atoms with E-state index in [1.54, 1.807) is 30.8 Å². The first-order chi connectivity index (χ1) is 13.7. The van der Waals surface area contributed by atoms with Crippen molar-refractivity contribution in [2.24, 2.45) is 7.05 Å². The SMILES string of the molecule is Cc1c(NC(=O)CCS(=O)(=O)c2ccc(Cl)cc2)c(=O)n(-c2ccccc2)n1C. The first-order valence-corrected chi connectivity index (χ1v) is 10.9. The number of amides is 1. The number of carbonyl (C=O) groups is 1. The molecule has 0 aliphatic rings. The summed E-state index contributed by atoms with van der Waals surface area (Å²) in [5.41, 5.74) is 0.969. The Hall–Kier alpha value is -2.84. The molecule has 0 fully saturated rings. The van der Waals surface area contributed by atoms with Gasteiger partial charge in [-0.1, -0.05) is 29.8 Å². The molecule has 1 heterocycles. The molecule has 29 heavy (non-hydrogen) atoms. The van der Waals surface area contributed by atoms with Crippen LogP contribution in [0.2, 0.25) is 5.02 Å². The van der Waals surface area contributed by atoms with E-state index in [4.69, 9.17) is 11.6 Å². The zero-order valence-corrected chi connectivity index (χ0v) is 17.5. The summed E-state index contributed by atoms with van der Waals surface area (Å²) in [6.45, 7) is 1.71. The van der Waals surface area contributed by atoms with Crippen LogP contribution in [0.15, 0.2) is 64.3 Å². The van der Waals surface area contributed by atoms with Gasteiger partial charge in [-0.15, -0.1) is 0 Å². The number of para-hydroxylation sites is 1. The van der Waals surface area contributed by atoms with Gasteiger partial charge < -0.3 is 5.32 Å². The Bertz CT molecular complexity index is 1200. The monoisotopic (exact) mass is 433 g/mol. The molecule has 1 amide bonds. The van der Waals surface area contributed by atoms with Gasteiger partial charge in [-0.3, -0.25) is 14.3 Å². The van der Waals surface area contributed by atoms with Gasteiger partial charge in [-0.05, 0) is 43.3 Å². The number of hydrogen-bond acceptors (Lipinski definition) is 4. The lowest BCUT2D eigenvalue weighted by Gasteiger charge is -2.07. The molecule has 0 atom stereocenters. The Balaban J connectivity index is 1.76. The number of hydrogen-bond donors (Lipinski definition) is 1. The molecule has 3 rings (SSSR count). The highest BCUT2D eigenvalue weighted by atomic mass is 35.5. The predicted molar refractivity (Wildman–Crippen MR) is 112 cm³/mol. The summed E-state index contributed by atoms with van der Waals surface area (Å²) in [7, 11) is -1.93. The highest BCUT2D eigenvalue weighted by Crippen LogP contribution is 2.17. The zero-order chi connectivity index (χ0) is 21.2. The van der Waals surface area contributed by atoms with Crippen molar-refractivity contribution >= 4 is 33.0 Å². The number of nitrogens with one attached hydrogen (secondary N) is 1. The summed E-state index contributed by atoms with van der Waals surface area (Å²) in [6, 6.07) is 14.8. The van der Waals surface area contributed by atoms with Crippen LogP contribution in [0.3, 0.4) is 0 Å². The van der Waals surface area contributed by atoms with Crippen LogP contribution in [0.4, 0.5) is 5.69 Å². The van der Waals surface area contributed by atoms with Gasteiger partial charge >= 0.3 is 0 Å². The molecular formula is C20H20ClN3O4S. The van der Waals surface area contributed by atoms with Crippen LogP contribution < -0.4 is 10.9 Å². The number of nitrogens with zero attached hydrogens (tertiary/aromatic N) is 2. The molecule has 152 valence electrons. The van der Waals surface area contributed by atoms with Crippen molar-refractivity contribution in [1.29, 1.82) is 0 Å². The smallest absolute Gasteiger partial charge is 0.295 e. The summed E-state index contributed by atoms with van der Waals surface area (Å²) in [5, 5.41) is 2.99. The van der Waals surface area contributed by atoms with E-state index >= 15 is 0 Å². The predicted octanol–water partition coefficient (Wildman–Crippen LogP) is 2.94. The Morgan fingerprint density at radius 3 is 2.31 bits per heavy atom. The second-order valence-electron chi connectivity index (χ2n) is 6.51. The lowest BCUT2D eigenvalue weighted by Crippen LogP contribution is -2.24. The standard InChI is InChI=1S/C20H20ClN3O4S/c1-14-19(20(26)24(23(14)2)16-6-4-3-5-7-16)22-18(25)12-13-29(27,28)17-10-8-15(21)9-11-17/h3-11H,12-13H2,1-2H3,(H,22,25). The highest BCUT2D eigenvalue weighted by molar-refractivity contribution is 7.91. The zero-order valence-electron chi connectivity index (χ0n) is 15.9. The summed E-state index contributed by atoms with van der Waals surface area (Å²) in [6.07, 6.45) is -0.274. The number of benzene rings is 2. The quantitative estimate of drug-likeness (QED) is 0.647. The summed E-state index contributed by atoms with van der Waals surface area (Å²) in [4.78, 5) is 25.2. The molecule has 0 radical (unpaired) electrons. The van der Waals surface area contributed by atoms with Gasteiger partial charge in [0.25, 0.3) is 5.56 Å². The lowest BCUT2D eigenvalue weighted by molar-refractivity contribution is -0.115. The average molecular weight is 434 g/mol. The van der Waals surface area contributed by atoms with Crippen LogP contribution in [0.25, 0.3) is 5.69 Å². The minimum absolute atomic E-state index is 0.0945. The lowest BCUT2D eigenvalue weighted by atomic mass is 10.3. The van der Waals surface area contributed by atoms with E-state index in [0.717, 1.165) is 0 Å². The van der Waals surface area contributed by atoms with Crippen molar-refractivity contribution in [1.82, 2.24) is 9.36 Å². The molecule has 2 aromatic carbocycles. The van der Waals surface area contributed by atoms with Gasteiger partial charge in [-0.2, -0.15) is 0 Å². The molecule has 9 heteroatoms. The fourth-order valence-electron chi connectivity index (χ4n) is 2.90. The average Bonchev–Trinajstić information content (AvgIpc) is 2.91. The van der Waals surface area contributed by atoms with E-state index in [0.29, 0.717) is 16.4 Å². The minimum atomic E-state index is -3.64. The van der Waals surface area contributed by atoms with Crippen LogP contribution in [0, 0.1) is 6.92 Å². The molecule has 0 unspecified atom stereocenters. The van der Waals surface area contributed by atoms with Crippen LogP contribution in [0.5, 0.6) is 0 Å². The second-order valence-corrected chi connectivity index (χ2v) is 9.05. The van der Waals surface area contributed by atoms with Crippen molar-refractivity contribution in [3.63, 3.8) is 0 Å². The highest BCUT2D eigenvalue weighted by Gasteiger charge is 2.20. The maximum Gasteiger partial charge on any atom is 0.295 e. The third-order valence-electron chi connectivity index (χ3n) is 4.59. The molecule has 1 aromatic heterocycles. The van der Waals surface area contributed by atoms with Crippen molar-refractivity contribution in [2.75, 3.05) is 11.1 Å². The molecule has 3 aromatic rings. The van der Waals surface area contributed by atoms with Gasteiger partial charge in [0, 0.05) is 18.5 Å². The van der Waals surface area contributed by atoms with Gasteiger partial charge in [0.05, 0.1) is 22.0 Å². The number of carbonyl (C=O) groups excluding carboxylic acids is 1. The van der Waals surface area contributed by atoms with Crippen molar-refractivity contribution < 1.29 is 13.2 Å². The van der Waals surface area contributed by atoms with Gasteiger partial charge in [0.2, 0.25) is 5.91 Å². The van der Waals surface area contributed by atoms with E-state index in [9.17, 15) is 18.0 Å². The third-order valence-corrected chi connectivity index (χ3v) is 6.57. The second kappa shape index (κ2) is 8.26. The first-order valence-electron chi connectivity index (χ1n) is 8.83. The molecular weight excluding hydrogens is 414 g/mol. The van der Waals surface area contributed by atoms with Crippen molar-refractivity contribution in [3.05, 3.63) is 75.7 Å². The van der Waals surface area contributed by atoms with Crippen LogP contribution in [-0.4, -0.2) is 29.4 Å². The fraction of sp³-hybridized carbons (Fsp3) is 0.200. The van der Waals surface area contributed by atoms with E-state index in [2.05, 4.69) is 5.32 Å². The number of halogens is 1.